The van der Waals surface area contributed by atoms with Crippen molar-refractivity contribution in [2.24, 2.45) is 5.41 Å². The van der Waals surface area contributed by atoms with Crippen molar-refractivity contribution in [1.82, 2.24) is 4.90 Å². The van der Waals surface area contributed by atoms with Crippen LogP contribution in [0.1, 0.15) is 32.6 Å². The minimum absolute atomic E-state index is 0.170. The summed E-state index contributed by atoms with van der Waals surface area (Å²) in [4.78, 5) is 13.4. The Hall–Kier alpha value is -0.710. The molecule has 100 valence electrons. The number of carbonyl (C=O) groups is 1. The molecule has 0 spiro atoms. The fraction of sp³-hybridized carbons (Fsp3) is 0.917. The van der Waals surface area contributed by atoms with Crippen LogP contribution in [0.5, 0.6) is 0 Å². The number of hydrogen-bond acceptors (Lipinski definition) is 3. The lowest BCUT2D eigenvalue weighted by atomic mass is 9.71. The number of alkyl halides is 2. The molecule has 0 amide bonds. The van der Waals surface area contributed by atoms with E-state index in [9.17, 15) is 13.6 Å². The molecule has 1 heterocycles. The van der Waals surface area contributed by atoms with Gasteiger partial charge in [-0.1, -0.05) is 19.8 Å². The zero-order chi connectivity index (χ0) is 13.1. The summed E-state index contributed by atoms with van der Waals surface area (Å²) in [5.41, 5.74) is -1.62. The van der Waals surface area contributed by atoms with E-state index in [2.05, 4.69) is 4.74 Å². The van der Waals surface area contributed by atoms with E-state index in [4.69, 9.17) is 0 Å². The van der Waals surface area contributed by atoms with E-state index in [-0.39, 0.29) is 19.4 Å². The smallest absolute Gasteiger partial charge is 0.318 e. The molecule has 0 aromatic heterocycles. The maximum atomic E-state index is 14.2. The number of methoxy groups -OCH3 is 1. The Kier molecular flexibility index (Phi) is 4.47. The molecule has 1 rings (SSSR count). The van der Waals surface area contributed by atoms with Crippen LogP contribution in [0.2, 0.25) is 0 Å². The highest BCUT2D eigenvalue weighted by molar-refractivity contribution is 5.78. The quantitative estimate of drug-likeness (QED) is 0.716. The van der Waals surface area contributed by atoms with E-state index < -0.39 is 17.3 Å². The van der Waals surface area contributed by atoms with Gasteiger partial charge in [-0.3, -0.25) is 4.79 Å². The maximum Gasteiger partial charge on any atom is 0.318 e. The number of esters is 1. The molecule has 1 aliphatic rings. The average Bonchev–Trinajstić information content (AvgIpc) is 2.26. The lowest BCUT2D eigenvalue weighted by Crippen LogP contribution is -2.58. The molecule has 0 aromatic rings. The van der Waals surface area contributed by atoms with E-state index in [1.807, 2.05) is 6.92 Å². The van der Waals surface area contributed by atoms with Gasteiger partial charge >= 0.3 is 5.97 Å². The van der Waals surface area contributed by atoms with Crippen LogP contribution < -0.4 is 0 Å². The topological polar surface area (TPSA) is 29.5 Å². The fourth-order valence-electron chi connectivity index (χ4n) is 2.47. The van der Waals surface area contributed by atoms with Crippen molar-refractivity contribution in [3.05, 3.63) is 0 Å². The predicted octanol–water partition coefficient (Wildman–Crippen LogP) is 2.31. The molecular formula is C12H21F2NO2. The number of likely N-dealkylation sites (tertiary alicyclic amines) is 1. The summed E-state index contributed by atoms with van der Waals surface area (Å²) in [7, 11) is 2.83. The highest BCUT2D eigenvalue weighted by atomic mass is 19.3. The first-order chi connectivity index (χ1) is 7.89. The molecule has 17 heavy (non-hydrogen) atoms. The van der Waals surface area contributed by atoms with Gasteiger partial charge in [0.15, 0.2) is 0 Å². The van der Waals surface area contributed by atoms with E-state index in [1.165, 1.54) is 7.11 Å². The zero-order valence-corrected chi connectivity index (χ0v) is 10.8. The van der Waals surface area contributed by atoms with Crippen molar-refractivity contribution >= 4 is 5.97 Å². The van der Waals surface area contributed by atoms with Gasteiger partial charge in [0.05, 0.1) is 13.7 Å². The van der Waals surface area contributed by atoms with E-state index >= 15 is 0 Å². The van der Waals surface area contributed by atoms with Crippen LogP contribution in [0.3, 0.4) is 0 Å². The molecule has 1 atom stereocenters. The van der Waals surface area contributed by atoms with Crippen LogP contribution in [0, 0.1) is 5.41 Å². The number of nitrogens with zero attached hydrogens (tertiary/aromatic N) is 1. The third-order valence-electron chi connectivity index (χ3n) is 3.62. The summed E-state index contributed by atoms with van der Waals surface area (Å²) < 4.78 is 33.0. The van der Waals surface area contributed by atoms with E-state index in [0.717, 1.165) is 6.42 Å². The summed E-state index contributed by atoms with van der Waals surface area (Å²) in [5, 5.41) is 0. The summed E-state index contributed by atoms with van der Waals surface area (Å²) in [6, 6.07) is 0. The van der Waals surface area contributed by atoms with Gasteiger partial charge in [-0.25, -0.2) is 8.78 Å². The first-order valence-electron chi connectivity index (χ1n) is 6.04. The van der Waals surface area contributed by atoms with Crippen molar-refractivity contribution in [1.29, 1.82) is 0 Å². The molecule has 1 aliphatic heterocycles. The minimum Gasteiger partial charge on any atom is -0.468 e. The van der Waals surface area contributed by atoms with Gasteiger partial charge in [0.1, 0.15) is 5.41 Å². The van der Waals surface area contributed by atoms with Crippen LogP contribution in [0.15, 0.2) is 0 Å². The van der Waals surface area contributed by atoms with Gasteiger partial charge in [0.2, 0.25) is 0 Å². The van der Waals surface area contributed by atoms with Gasteiger partial charge < -0.3 is 9.64 Å². The highest BCUT2D eigenvalue weighted by Crippen LogP contribution is 2.48. The number of rotatable bonds is 4. The van der Waals surface area contributed by atoms with Gasteiger partial charge in [-0.05, 0) is 26.4 Å². The molecule has 5 heteroatoms. The maximum absolute atomic E-state index is 14.2. The number of carbonyl (C=O) groups excluding carboxylic acids is 1. The molecule has 1 unspecified atom stereocenters. The SMILES string of the molecule is CCCCC1(C(=O)OC)CCN(C)CC1(F)F. The number of halogens is 2. The molecule has 0 aromatic carbocycles. The number of unbranched alkanes of at least 4 members (excludes halogenated alkanes) is 1. The van der Waals surface area contributed by atoms with Crippen molar-refractivity contribution < 1.29 is 18.3 Å². The lowest BCUT2D eigenvalue weighted by Gasteiger charge is -2.44. The van der Waals surface area contributed by atoms with Crippen molar-refractivity contribution in [2.75, 3.05) is 27.2 Å². The summed E-state index contributed by atoms with van der Waals surface area (Å²) in [6.45, 7) is 2.07. The molecule has 0 N–H and O–H groups in total. The highest BCUT2D eigenvalue weighted by Gasteiger charge is 2.61. The molecule has 0 saturated carbocycles. The third-order valence-corrected chi connectivity index (χ3v) is 3.62. The molecule has 0 aliphatic carbocycles. The Morgan fingerprint density at radius 2 is 2.12 bits per heavy atom. The summed E-state index contributed by atoms with van der Waals surface area (Å²) in [6.07, 6.45) is 1.79. The normalized spacial score (nSPS) is 29.0. The summed E-state index contributed by atoms with van der Waals surface area (Å²) >= 11 is 0. The largest absolute Gasteiger partial charge is 0.468 e. The number of piperidine rings is 1. The molecule has 3 nitrogen and oxygen atoms in total. The van der Waals surface area contributed by atoms with Crippen LogP contribution in [-0.2, 0) is 9.53 Å². The van der Waals surface area contributed by atoms with Gasteiger partial charge in [-0.2, -0.15) is 0 Å². The molecule has 0 radical (unpaired) electrons. The Morgan fingerprint density at radius 3 is 2.59 bits per heavy atom. The monoisotopic (exact) mass is 249 g/mol. The minimum atomic E-state index is -3.01. The fourth-order valence-corrected chi connectivity index (χ4v) is 2.47. The first kappa shape index (κ1) is 14.4. The first-order valence-corrected chi connectivity index (χ1v) is 6.04. The second kappa shape index (κ2) is 5.29. The van der Waals surface area contributed by atoms with Crippen LogP contribution in [-0.4, -0.2) is 44.0 Å². The van der Waals surface area contributed by atoms with E-state index in [0.29, 0.717) is 13.0 Å². The molecule has 1 saturated heterocycles. The second-order valence-corrected chi connectivity index (χ2v) is 4.87. The molecule has 1 fully saturated rings. The van der Waals surface area contributed by atoms with Crippen molar-refractivity contribution in [2.45, 2.75) is 38.5 Å². The average molecular weight is 249 g/mol. The second-order valence-electron chi connectivity index (χ2n) is 4.87. The van der Waals surface area contributed by atoms with Crippen molar-refractivity contribution in [3.8, 4) is 0 Å². The Bertz CT molecular complexity index is 280. The van der Waals surface area contributed by atoms with Crippen molar-refractivity contribution in [3.63, 3.8) is 0 Å². The lowest BCUT2D eigenvalue weighted by molar-refractivity contribution is -0.201. The molecule has 0 bridgehead atoms. The van der Waals surface area contributed by atoms with Crippen LogP contribution >= 0.6 is 0 Å². The number of ether oxygens (including phenoxy) is 1. The predicted molar refractivity (Wildman–Crippen MR) is 61.0 cm³/mol. The Morgan fingerprint density at radius 1 is 1.47 bits per heavy atom. The van der Waals surface area contributed by atoms with Gasteiger partial charge in [0, 0.05) is 0 Å². The van der Waals surface area contributed by atoms with Crippen LogP contribution in [0.4, 0.5) is 8.78 Å². The third kappa shape index (κ3) is 2.59. The van der Waals surface area contributed by atoms with E-state index in [1.54, 1.807) is 11.9 Å². The Balaban J connectivity index is 2.99. The van der Waals surface area contributed by atoms with Crippen LogP contribution in [0.25, 0.3) is 0 Å². The standard InChI is InChI=1S/C12H21F2NO2/c1-4-5-6-11(10(16)17-3)7-8-15(2)9-12(11,13)14/h4-9H2,1-3H3. The van der Waals surface area contributed by atoms with Gasteiger partial charge in [-0.15, -0.1) is 0 Å². The summed E-state index contributed by atoms with van der Waals surface area (Å²) in [5.74, 6) is -3.77. The number of hydrogen-bond donors (Lipinski definition) is 0. The van der Waals surface area contributed by atoms with Gasteiger partial charge in [0.25, 0.3) is 5.92 Å². The molecular weight excluding hydrogens is 228 g/mol. The Labute approximate surface area is 101 Å². The zero-order valence-electron chi connectivity index (χ0n) is 10.8.